The molecule has 1 aromatic carbocycles. The molecular formula is C14H23BN2O2. The van der Waals surface area contributed by atoms with Crippen molar-refractivity contribution >= 4 is 12.6 Å². The number of likely N-dealkylation sites (N-methyl/N-ethyl adjacent to an activating group) is 1. The molecule has 0 aromatic heterocycles. The lowest BCUT2D eigenvalue weighted by Gasteiger charge is -2.36. The van der Waals surface area contributed by atoms with Crippen LogP contribution in [-0.4, -0.2) is 60.2 Å². The van der Waals surface area contributed by atoms with E-state index in [9.17, 15) is 10.0 Å². The topological polar surface area (TPSA) is 46.9 Å². The standard InChI is InChI=1S/C14H23BN2O2/c1-16(2)14-7-4-8-17(11-14)10-12-5-3-6-13(9-12)15(18)19/h3,5-6,9,14,18-19H,4,7-8,10-11H2,1-2H3. The van der Waals surface area contributed by atoms with Gasteiger partial charge in [0.1, 0.15) is 0 Å². The van der Waals surface area contributed by atoms with Crippen molar-refractivity contribution < 1.29 is 10.0 Å². The summed E-state index contributed by atoms with van der Waals surface area (Å²) in [7, 11) is 2.89. The molecule has 1 heterocycles. The summed E-state index contributed by atoms with van der Waals surface area (Å²) in [5, 5.41) is 18.4. The molecule has 5 heteroatoms. The van der Waals surface area contributed by atoms with Gasteiger partial charge < -0.3 is 14.9 Å². The zero-order valence-corrected chi connectivity index (χ0v) is 11.8. The molecule has 0 bridgehead atoms. The van der Waals surface area contributed by atoms with Crippen molar-refractivity contribution in [1.29, 1.82) is 0 Å². The third-order valence-corrected chi connectivity index (χ3v) is 3.87. The Bertz CT molecular complexity index is 412. The zero-order valence-electron chi connectivity index (χ0n) is 11.8. The summed E-state index contributed by atoms with van der Waals surface area (Å²) in [4.78, 5) is 4.73. The van der Waals surface area contributed by atoms with Crippen LogP contribution in [0.4, 0.5) is 0 Å². The quantitative estimate of drug-likeness (QED) is 0.743. The van der Waals surface area contributed by atoms with E-state index in [-0.39, 0.29) is 0 Å². The van der Waals surface area contributed by atoms with E-state index < -0.39 is 7.12 Å². The van der Waals surface area contributed by atoms with Crippen molar-refractivity contribution in [2.45, 2.75) is 25.4 Å². The van der Waals surface area contributed by atoms with E-state index in [0.29, 0.717) is 11.5 Å². The third kappa shape index (κ3) is 4.04. The Labute approximate surface area is 115 Å². The van der Waals surface area contributed by atoms with Gasteiger partial charge in [0.15, 0.2) is 0 Å². The van der Waals surface area contributed by atoms with Crippen molar-refractivity contribution in [3.8, 4) is 0 Å². The molecule has 2 rings (SSSR count). The van der Waals surface area contributed by atoms with Gasteiger partial charge in [-0.1, -0.05) is 24.3 Å². The maximum Gasteiger partial charge on any atom is 0.488 e. The molecule has 0 spiro atoms. The van der Waals surface area contributed by atoms with Crippen LogP contribution in [0.5, 0.6) is 0 Å². The van der Waals surface area contributed by atoms with E-state index in [1.165, 1.54) is 12.8 Å². The highest BCUT2D eigenvalue weighted by molar-refractivity contribution is 6.58. The smallest absolute Gasteiger partial charge is 0.423 e. The minimum absolute atomic E-state index is 0.568. The first-order valence-corrected chi connectivity index (χ1v) is 6.90. The minimum Gasteiger partial charge on any atom is -0.423 e. The van der Waals surface area contributed by atoms with E-state index in [1.807, 2.05) is 18.2 Å². The first-order chi connectivity index (χ1) is 9.06. The fourth-order valence-electron chi connectivity index (χ4n) is 2.71. The van der Waals surface area contributed by atoms with Gasteiger partial charge in [0.05, 0.1) is 0 Å². The number of rotatable bonds is 4. The molecule has 1 aliphatic rings. The molecule has 1 fully saturated rings. The van der Waals surface area contributed by atoms with Crippen molar-refractivity contribution in [1.82, 2.24) is 9.80 Å². The van der Waals surface area contributed by atoms with Gasteiger partial charge in [0.25, 0.3) is 0 Å². The van der Waals surface area contributed by atoms with Gasteiger partial charge in [0, 0.05) is 19.1 Å². The largest absolute Gasteiger partial charge is 0.488 e. The SMILES string of the molecule is CN(C)C1CCCN(Cc2cccc(B(O)O)c2)C1. The van der Waals surface area contributed by atoms with Gasteiger partial charge >= 0.3 is 7.12 Å². The van der Waals surface area contributed by atoms with Crippen molar-refractivity contribution in [3.05, 3.63) is 29.8 Å². The fraction of sp³-hybridized carbons (Fsp3) is 0.571. The molecule has 4 nitrogen and oxygen atoms in total. The number of piperidine rings is 1. The highest BCUT2D eigenvalue weighted by Gasteiger charge is 2.21. The number of hydrogen-bond acceptors (Lipinski definition) is 4. The average molecular weight is 262 g/mol. The molecule has 1 aromatic rings. The Morgan fingerprint density at radius 1 is 1.37 bits per heavy atom. The first kappa shape index (κ1) is 14.5. The minimum atomic E-state index is -1.38. The molecule has 1 saturated heterocycles. The predicted octanol–water partition coefficient (Wildman–Crippen LogP) is -0.108. The van der Waals surface area contributed by atoms with Crippen LogP contribution in [0.3, 0.4) is 0 Å². The normalized spacial score (nSPS) is 20.8. The van der Waals surface area contributed by atoms with Crippen LogP contribution in [-0.2, 0) is 6.54 Å². The molecule has 19 heavy (non-hydrogen) atoms. The molecule has 104 valence electrons. The summed E-state index contributed by atoms with van der Waals surface area (Å²) in [6.45, 7) is 3.08. The molecule has 1 unspecified atom stereocenters. The Balaban J connectivity index is 1.98. The number of nitrogens with zero attached hydrogens (tertiary/aromatic N) is 2. The third-order valence-electron chi connectivity index (χ3n) is 3.87. The Kier molecular flexibility index (Phi) is 4.99. The maximum atomic E-state index is 9.20. The molecule has 0 aliphatic carbocycles. The van der Waals surface area contributed by atoms with Gasteiger partial charge in [-0.2, -0.15) is 0 Å². The average Bonchev–Trinajstić information content (AvgIpc) is 2.39. The molecule has 0 saturated carbocycles. The van der Waals surface area contributed by atoms with Gasteiger partial charge in [0.2, 0.25) is 0 Å². The second kappa shape index (κ2) is 6.52. The molecular weight excluding hydrogens is 239 g/mol. The van der Waals surface area contributed by atoms with E-state index in [4.69, 9.17) is 0 Å². The summed E-state index contributed by atoms with van der Waals surface area (Å²) in [5.74, 6) is 0. The highest BCUT2D eigenvalue weighted by atomic mass is 16.4. The first-order valence-electron chi connectivity index (χ1n) is 6.90. The lowest BCUT2D eigenvalue weighted by Crippen LogP contribution is -2.44. The van der Waals surface area contributed by atoms with E-state index in [1.54, 1.807) is 6.07 Å². The number of hydrogen-bond donors (Lipinski definition) is 2. The van der Waals surface area contributed by atoms with Crippen molar-refractivity contribution in [2.24, 2.45) is 0 Å². The van der Waals surface area contributed by atoms with E-state index in [2.05, 4.69) is 23.9 Å². The molecule has 2 N–H and O–H groups in total. The lowest BCUT2D eigenvalue weighted by atomic mass is 9.79. The monoisotopic (exact) mass is 262 g/mol. The van der Waals surface area contributed by atoms with Crippen LogP contribution in [0.25, 0.3) is 0 Å². The molecule has 1 aliphatic heterocycles. The number of likely N-dealkylation sites (tertiary alicyclic amines) is 1. The van der Waals surface area contributed by atoms with Crippen LogP contribution >= 0.6 is 0 Å². The van der Waals surface area contributed by atoms with Crippen molar-refractivity contribution in [3.63, 3.8) is 0 Å². The second-order valence-electron chi connectivity index (χ2n) is 5.61. The summed E-state index contributed by atoms with van der Waals surface area (Å²) < 4.78 is 0. The predicted molar refractivity (Wildman–Crippen MR) is 78.3 cm³/mol. The second-order valence-corrected chi connectivity index (χ2v) is 5.61. The van der Waals surface area contributed by atoms with Gasteiger partial charge in [-0.15, -0.1) is 0 Å². The lowest BCUT2D eigenvalue weighted by molar-refractivity contribution is 0.128. The Morgan fingerprint density at radius 3 is 2.84 bits per heavy atom. The van der Waals surface area contributed by atoms with Gasteiger partial charge in [-0.05, 0) is 44.5 Å². The Hall–Kier alpha value is -0.875. The summed E-state index contributed by atoms with van der Waals surface area (Å²) >= 11 is 0. The maximum absolute atomic E-state index is 9.20. The van der Waals surface area contributed by atoms with E-state index >= 15 is 0 Å². The highest BCUT2D eigenvalue weighted by Crippen LogP contribution is 2.16. The van der Waals surface area contributed by atoms with Gasteiger partial charge in [-0.25, -0.2) is 0 Å². The Morgan fingerprint density at radius 2 is 2.16 bits per heavy atom. The van der Waals surface area contributed by atoms with Crippen molar-refractivity contribution in [2.75, 3.05) is 27.2 Å². The van der Waals surface area contributed by atoms with Gasteiger partial charge in [-0.3, -0.25) is 4.90 Å². The molecule has 0 amide bonds. The van der Waals surface area contributed by atoms with Crippen LogP contribution in [0.15, 0.2) is 24.3 Å². The number of benzene rings is 1. The zero-order chi connectivity index (χ0) is 13.8. The molecule has 0 radical (unpaired) electrons. The summed E-state index contributed by atoms with van der Waals surface area (Å²) in [5.41, 5.74) is 1.71. The molecule has 1 atom stereocenters. The van der Waals surface area contributed by atoms with E-state index in [0.717, 1.165) is 25.2 Å². The van der Waals surface area contributed by atoms with Crippen LogP contribution in [0.2, 0.25) is 0 Å². The summed E-state index contributed by atoms with van der Waals surface area (Å²) in [6, 6.07) is 8.18. The van der Waals surface area contributed by atoms with Crippen LogP contribution < -0.4 is 5.46 Å². The van der Waals surface area contributed by atoms with Crippen LogP contribution in [0, 0.1) is 0 Å². The summed E-state index contributed by atoms with van der Waals surface area (Å²) in [6.07, 6.45) is 2.49. The fourth-order valence-corrected chi connectivity index (χ4v) is 2.71. The van der Waals surface area contributed by atoms with Crippen LogP contribution in [0.1, 0.15) is 18.4 Å².